The van der Waals surface area contributed by atoms with Crippen molar-refractivity contribution in [3.63, 3.8) is 0 Å². The molecule has 1 saturated heterocycles. The molecule has 0 aliphatic carbocycles. The van der Waals surface area contributed by atoms with Crippen molar-refractivity contribution >= 4 is 35.1 Å². The van der Waals surface area contributed by atoms with Crippen LogP contribution in [0.2, 0.25) is 5.02 Å². The van der Waals surface area contributed by atoms with Gasteiger partial charge in [0, 0.05) is 23.7 Å². The van der Waals surface area contributed by atoms with Crippen molar-refractivity contribution in [2.24, 2.45) is 5.92 Å². The van der Waals surface area contributed by atoms with E-state index in [1.165, 1.54) is 0 Å². The second kappa shape index (κ2) is 9.56. The van der Waals surface area contributed by atoms with E-state index in [2.05, 4.69) is 0 Å². The number of rotatable bonds is 5. The molecular formula is C23H24ClNO3. The molecule has 1 aliphatic rings. The lowest BCUT2D eigenvalue weighted by Crippen LogP contribution is -2.41. The summed E-state index contributed by atoms with van der Waals surface area (Å²) in [5.41, 5.74) is 2.25. The molecule has 2 aromatic carbocycles. The third-order valence-corrected chi connectivity index (χ3v) is 5.27. The SMILES string of the molecule is CCOC(=O)C1CCN(C(=O)/C(=C/c2ccccc2Cl)c2ccccc2)CC1. The van der Waals surface area contributed by atoms with Crippen LogP contribution in [0.5, 0.6) is 0 Å². The van der Waals surface area contributed by atoms with Gasteiger partial charge in [-0.15, -0.1) is 0 Å². The largest absolute Gasteiger partial charge is 0.466 e. The number of esters is 1. The summed E-state index contributed by atoms with van der Waals surface area (Å²) < 4.78 is 5.12. The van der Waals surface area contributed by atoms with Gasteiger partial charge in [-0.3, -0.25) is 9.59 Å². The fourth-order valence-corrected chi connectivity index (χ4v) is 3.57. The minimum absolute atomic E-state index is 0.0478. The predicted molar refractivity (Wildman–Crippen MR) is 112 cm³/mol. The number of likely N-dealkylation sites (tertiary alicyclic amines) is 1. The predicted octanol–water partition coefficient (Wildman–Crippen LogP) is 4.68. The second-order valence-corrected chi connectivity index (χ2v) is 7.17. The maximum absolute atomic E-state index is 13.3. The van der Waals surface area contributed by atoms with Crippen molar-refractivity contribution in [2.75, 3.05) is 19.7 Å². The van der Waals surface area contributed by atoms with Crippen molar-refractivity contribution in [3.05, 3.63) is 70.7 Å². The molecule has 0 aromatic heterocycles. The van der Waals surface area contributed by atoms with Crippen LogP contribution in [-0.4, -0.2) is 36.5 Å². The summed E-state index contributed by atoms with van der Waals surface area (Å²) >= 11 is 6.31. The summed E-state index contributed by atoms with van der Waals surface area (Å²) in [5, 5.41) is 0.602. The van der Waals surface area contributed by atoms with Crippen molar-refractivity contribution in [2.45, 2.75) is 19.8 Å². The summed E-state index contributed by atoms with van der Waals surface area (Å²) in [6.45, 7) is 3.27. The van der Waals surface area contributed by atoms with E-state index in [4.69, 9.17) is 16.3 Å². The number of carbonyl (C=O) groups excluding carboxylic acids is 2. The lowest BCUT2D eigenvalue weighted by molar-refractivity contribution is -0.150. The molecule has 0 spiro atoms. The smallest absolute Gasteiger partial charge is 0.309 e. The molecule has 1 heterocycles. The van der Waals surface area contributed by atoms with Crippen molar-refractivity contribution in [3.8, 4) is 0 Å². The van der Waals surface area contributed by atoms with Gasteiger partial charge in [-0.2, -0.15) is 0 Å². The number of hydrogen-bond acceptors (Lipinski definition) is 3. The first kappa shape index (κ1) is 20.2. The molecule has 146 valence electrons. The molecule has 0 unspecified atom stereocenters. The van der Waals surface area contributed by atoms with Crippen molar-refractivity contribution in [1.29, 1.82) is 0 Å². The Morgan fingerprint density at radius 3 is 2.36 bits per heavy atom. The normalized spacial score (nSPS) is 15.4. The fraction of sp³-hybridized carbons (Fsp3) is 0.304. The summed E-state index contributed by atoms with van der Waals surface area (Å²) in [7, 11) is 0. The van der Waals surface area contributed by atoms with Gasteiger partial charge in [-0.25, -0.2) is 0 Å². The molecule has 1 aliphatic heterocycles. The van der Waals surface area contributed by atoms with E-state index in [-0.39, 0.29) is 17.8 Å². The Morgan fingerprint density at radius 1 is 1.07 bits per heavy atom. The van der Waals surface area contributed by atoms with Gasteiger partial charge < -0.3 is 9.64 Å². The van der Waals surface area contributed by atoms with E-state index in [1.54, 1.807) is 0 Å². The lowest BCUT2D eigenvalue weighted by atomic mass is 9.95. The molecular weight excluding hydrogens is 374 g/mol. The number of benzene rings is 2. The molecule has 5 heteroatoms. The van der Waals surface area contributed by atoms with Gasteiger partial charge in [0.2, 0.25) is 0 Å². The Kier molecular flexibility index (Phi) is 6.88. The number of nitrogens with zero attached hydrogens (tertiary/aromatic N) is 1. The van der Waals surface area contributed by atoms with Crippen LogP contribution in [0.4, 0.5) is 0 Å². The number of carbonyl (C=O) groups is 2. The first-order chi connectivity index (χ1) is 13.6. The highest BCUT2D eigenvalue weighted by molar-refractivity contribution is 6.33. The van der Waals surface area contributed by atoms with Gasteiger partial charge in [0.25, 0.3) is 5.91 Å². The van der Waals surface area contributed by atoms with Crippen LogP contribution < -0.4 is 0 Å². The van der Waals surface area contributed by atoms with Crippen LogP contribution in [0.25, 0.3) is 11.6 Å². The average molecular weight is 398 g/mol. The van der Waals surface area contributed by atoms with Gasteiger partial charge >= 0.3 is 5.97 Å². The number of ether oxygens (including phenoxy) is 1. The van der Waals surface area contributed by atoms with Gasteiger partial charge in [-0.05, 0) is 43.0 Å². The molecule has 2 aromatic rings. The lowest BCUT2D eigenvalue weighted by Gasteiger charge is -2.31. The van der Waals surface area contributed by atoms with Crippen LogP contribution in [0.15, 0.2) is 54.6 Å². The Bertz CT molecular complexity index is 855. The quantitative estimate of drug-likeness (QED) is 0.418. The van der Waals surface area contributed by atoms with E-state index < -0.39 is 0 Å². The molecule has 1 fully saturated rings. The number of piperidine rings is 1. The molecule has 3 rings (SSSR count). The van der Waals surface area contributed by atoms with E-state index in [9.17, 15) is 9.59 Å². The molecule has 0 atom stereocenters. The maximum atomic E-state index is 13.3. The highest BCUT2D eigenvalue weighted by Gasteiger charge is 2.29. The molecule has 4 nitrogen and oxygen atoms in total. The van der Waals surface area contributed by atoms with Crippen LogP contribution >= 0.6 is 11.6 Å². The molecule has 0 saturated carbocycles. The summed E-state index contributed by atoms with van der Waals surface area (Å²) in [4.78, 5) is 27.1. The highest BCUT2D eigenvalue weighted by Crippen LogP contribution is 2.27. The third kappa shape index (κ3) is 4.82. The Labute approximate surface area is 170 Å². The summed E-state index contributed by atoms with van der Waals surface area (Å²) in [6.07, 6.45) is 3.09. The average Bonchev–Trinajstić information content (AvgIpc) is 2.73. The number of amides is 1. The Hall–Kier alpha value is -2.59. The zero-order valence-corrected chi connectivity index (χ0v) is 16.7. The Balaban J connectivity index is 1.83. The van der Waals surface area contributed by atoms with Gasteiger partial charge in [0.1, 0.15) is 0 Å². The molecule has 1 amide bonds. The molecule has 0 N–H and O–H groups in total. The van der Waals surface area contributed by atoms with Crippen LogP contribution in [0.3, 0.4) is 0 Å². The van der Waals surface area contributed by atoms with Crippen LogP contribution in [0, 0.1) is 5.92 Å². The third-order valence-electron chi connectivity index (χ3n) is 4.92. The van der Waals surface area contributed by atoms with Gasteiger partial charge in [0.05, 0.1) is 12.5 Å². The van der Waals surface area contributed by atoms with E-state index in [0.29, 0.717) is 43.1 Å². The maximum Gasteiger partial charge on any atom is 0.309 e. The van der Waals surface area contributed by atoms with E-state index >= 15 is 0 Å². The Morgan fingerprint density at radius 2 is 1.71 bits per heavy atom. The van der Waals surface area contributed by atoms with E-state index in [1.807, 2.05) is 72.5 Å². The van der Waals surface area contributed by atoms with Gasteiger partial charge in [-0.1, -0.05) is 60.1 Å². The number of halogens is 1. The van der Waals surface area contributed by atoms with E-state index in [0.717, 1.165) is 11.1 Å². The monoisotopic (exact) mass is 397 g/mol. The zero-order chi connectivity index (χ0) is 19.9. The fourth-order valence-electron chi connectivity index (χ4n) is 3.38. The minimum atomic E-state index is -0.163. The molecule has 0 radical (unpaired) electrons. The standard InChI is InChI=1S/C23H24ClNO3/c1-2-28-23(27)18-12-14-25(15-13-18)22(26)20(17-8-4-3-5-9-17)16-19-10-6-7-11-21(19)24/h3-11,16,18H,2,12-15H2,1H3/b20-16+. The molecule has 28 heavy (non-hydrogen) atoms. The summed E-state index contributed by atoms with van der Waals surface area (Å²) in [6, 6.07) is 17.1. The zero-order valence-electron chi connectivity index (χ0n) is 15.9. The highest BCUT2D eigenvalue weighted by atomic mass is 35.5. The van der Waals surface area contributed by atoms with Crippen LogP contribution in [-0.2, 0) is 14.3 Å². The summed E-state index contributed by atoms with van der Waals surface area (Å²) in [5.74, 6) is -0.338. The van der Waals surface area contributed by atoms with Crippen LogP contribution in [0.1, 0.15) is 30.9 Å². The van der Waals surface area contributed by atoms with Crippen molar-refractivity contribution in [1.82, 2.24) is 4.90 Å². The minimum Gasteiger partial charge on any atom is -0.466 e. The second-order valence-electron chi connectivity index (χ2n) is 6.76. The first-order valence-corrected chi connectivity index (χ1v) is 9.95. The van der Waals surface area contributed by atoms with Gasteiger partial charge in [0.15, 0.2) is 0 Å². The number of hydrogen-bond donors (Lipinski definition) is 0. The van der Waals surface area contributed by atoms with Crippen molar-refractivity contribution < 1.29 is 14.3 Å². The topological polar surface area (TPSA) is 46.6 Å². The molecule has 0 bridgehead atoms. The first-order valence-electron chi connectivity index (χ1n) is 9.57.